The van der Waals surface area contributed by atoms with Gasteiger partial charge in [-0.25, -0.2) is 12.8 Å². The number of nitrogens with zero attached hydrogens (tertiary/aromatic N) is 2. The molecule has 4 aromatic rings. The first-order valence-corrected chi connectivity index (χ1v) is 15.6. The third kappa shape index (κ3) is 7.80. The van der Waals surface area contributed by atoms with Crippen molar-refractivity contribution >= 4 is 39.1 Å². The normalized spacial score (nSPS) is 11.9. The average Bonchev–Trinajstić information content (AvgIpc) is 3.00. The number of sulfonamides is 1. The number of carbonyl (C=O) groups excluding carboxylic acids is 2. The Morgan fingerprint density at radius 3 is 2.19 bits per heavy atom. The summed E-state index contributed by atoms with van der Waals surface area (Å²) in [5.74, 6) is -1.67. The molecule has 43 heavy (non-hydrogen) atoms. The number of carbonyl (C=O) groups is 2. The summed E-state index contributed by atoms with van der Waals surface area (Å²) in [6.45, 7) is 2.87. The van der Waals surface area contributed by atoms with Gasteiger partial charge in [-0.2, -0.15) is 0 Å². The SMILES string of the molecule is CCNC(=O)[C@H](Cc1ccccc1)N(Cc1ccccc1F)C(=O)CN(c1cc(Cl)ccc1C)S(=O)(=O)c1ccccc1. The lowest BCUT2D eigenvalue weighted by Gasteiger charge is -2.34. The van der Waals surface area contributed by atoms with Crippen molar-refractivity contribution in [2.45, 2.75) is 37.8 Å². The highest BCUT2D eigenvalue weighted by atomic mass is 35.5. The minimum absolute atomic E-state index is 0.0209. The molecule has 224 valence electrons. The highest BCUT2D eigenvalue weighted by Gasteiger charge is 2.35. The van der Waals surface area contributed by atoms with Crippen LogP contribution in [0.25, 0.3) is 0 Å². The van der Waals surface area contributed by atoms with E-state index in [4.69, 9.17) is 11.6 Å². The molecule has 0 heterocycles. The monoisotopic (exact) mass is 621 g/mol. The summed E-state index contributed by atoms with van der Waals surface area (Å²) in [7, 11) is -4.27. The van der Waals surface area contributed by atoms with Crippen molar-refractivity contribution in [3.8, 4) is 0 Å². The molecule has 10 heteroatoms. The molecule has 0 aliphatic rings. The lowest BCUT2D eigenvalue weighted by molar-refractivity contribution is -0.140. The van der Waals surface area contributed by atoms with Gasteiger partial charge in [0.05, 0.1) is 10.6 Å². The number of halogens is 2. The van der Waals surface area contributed by atoms with Crippen molar-refractivity contribution in [3.05, 3.63) is 131 Å². The molecule has 4 rings (SSSR count). The molecule has 0 saturated heterocycles. The number of nitrogens with one attached hydrogen (secondary N) is 1. The number of amides is 2. The van der Waals surface area contributed by atoms with Gasteiger partial charge >= 0.3 is 0 Å². The second kappa shape index (κ2) is 14.3. The van der Waals surface area contributed by atoms with Crippen LogP contribution in [-0.2, 0) is 32.6 Å². The van der Waals surface area contributed by atoms with Crippen LogP contribution in [-0.4, -0.2) is 44.3 Å². The van der Waals surface area contributed by atoms with Crippen LogP contribution in [0.15, 0.2) is 108 Å². The molecule has 0 fully saturated rings. The van der Waals surface area contributed by atoms with E-state index in [9.17, 15) is 22.4 Å². The zero-order valence-corrected chi connectivity index (χ0v) is 25.5. The molecule has 7 nitrogen and oxygen atoms in total. The molecular formula is C33H33ClFN3O4S. The van der Waals surface area contributed by atoms with Crippen molar-refractivity contribution in [2.24, 2.45) is 0 Å². The van der Waals surface area contributed by atoms with Crippen molar-refractivity contribution in [2.75, 3.05) is 17.4 Å². The molecule has 0 aliphatic heterocycles. The number of benzene rings is 4. The largest absolute Gasteiger partial charge is 0.355 e. The van der Waals surface area contributed by atoms with E-state index in [1.165, 1.54) is 41.3 Å². The fourth-order valence-corrected chi connectivity index (χ4v) is 6.40. The minimum atomic E-state index is -4.27. The summed E-state index contributed by atoms with van der Waals surface area (Å²) in [6, 6.07) is 26.6. The Morgan fingerprint density at radius 2 is 1.53 bits per heavy atom. The Morgan fingerprint density at radius 1 is 0.907 bits per heavy atom. The number of rotatable bonds is 12. The number of aryl methyl sites for hydroxylation is 1. The van der Waals surface area contributed by atoms with Gasteiger partial charge in [0.15, 0.2) is 0 Å². The van der Waals surface area contributed by atoms with Gasteiger partial charge < -0.3 is 10.2 Å². The van der Waals surface area contributed by atoms with Gasteiger partial charge in [-0.05, 0) is 55.3 Å². The topological polar surface area (TPSA) is 86.8 Å². The molecule has 0 aromatic heterocycles. The van der Waals surface area contributed by atoms with Crippen LogP contribution in [0, 0.1) is 12.7 Å². The van der Waals surface area contributed by atoms with Crippen LogP contribution in [0.3, 0.4) is 0 Å². The van der Waals surface area contributed by atoms with Gasteiger partial charge in [0, 0.05) is 30.1 Å². The molecule has 0 saturated carbocycles. The van der Waals surface area contributed by atoms with E-state index >= 15 is 0 Å². The number of likely N-dealkylation sites (N-methyl/N-ethyl adjacent to an activating group) is 1. The Kier molecular flexibility index (Phi) is 10.6. The van der Waals surface area contributed by atoms with E-state index in [-0.39, 0.29) is 34.1 Å². The van der Waals surface area contributed by atoms with Crippen molar-refractivity contribution < 1.29 is 22.4 Å². The van der Waals surface area contributed by atoms with Crippen LogP contribution >= 0.6 is 11.6 Å². The first kappa shape index (κ1) is 31.7. The summed E-state index contributed by atoms with van der Waals surface area (Å²) in [4.78, 5) is 29.1. The van der Waals surface area contributed by atoms with E-state index in [0.717, 1.165) is 9.87 Å². The van der Waals surface area contributed by atoms with Crippen LogP contribution < -0.4 is 9.62 Å². The Balaban J connectivity index is 1.83. The van der Waals surface area contributed by atoms with Crippen LogP contribution in [0.2, 0.25) is 5.02 Å². The van der Waals surface area contributed by atoms with E-state index in [0.29, 0.717) is 12.1 Å². The lowest BCUT2D eigenvalue weighted by Crippen LogP contribution is -2.53. The first-order chi connectivity index (χ1) is 20.6. The predicted molar refractivity (Wildman–Crippen MR) is 167 cm³/mol. The van der Waals surface area contributed by atoms with Gasteiger partial charge in [0.2, 0.25) is 11.8 Å². The van der Waals surface area contributed by atoms with Gasteiger partial charge in [-0.3, -0.25) is 13.9 Å². The van der Waals surface area contributed by atoms with E-state index < -0.39 is 40.2 Å². The van der Waals surface area contributed by atoms with Crippen LogP contribution in [0.5, 0.6) is 0 Å². The summed E-state index contributed by atoms with van der Waals surface area (Å²) in [5, 5.41) is 3.07. The Bertz CT molecular complexity index is 1670. The lowest BCUT2D eigenvalue weighted by atomic mass is 10.0. The zero-order chi connectivity index (χ0) is 31.0. The highest BCUT2D eigenvalue weighted by molar-refractivity contribution is 7.92. The third-order valence-electron chi connectivity index (χ3n) is 6.97. The van der Waals surface area contributed by atoms with Crippen LogP contribution in [0.1, 0.15) is 23.6 Å². The molecule has 0 radical (unpaired) electrons. The highest BCUT2D eigenvalue weighted by Crippen LogP contribution is 2.30. The smallest absolute Gasteiger partial charge is 0.264 e. The van der Waals surface area contributed by atoms with Gasteiger partial charge in [-0.15, -0.1) is 0 Å². The molecule has 0 bridgehead atoms. The minimum Gasteiger partial charge on any atom is -0.355 e. The molecule has 2 amide bonds. The first-order valence-electron chi connectivity index (χ1n) is 13.8. The molecule has 0 unspecified atom stereocenters. The van der Waals surface area contributed by atoms with E-state index in [2.05, 4.69) is 5.32 Å². The van der Waals surface area contributed by atoms with Gasteiger partial charge in [0.25, 0.3) is 10.0 Å². The maximum absolute atomic E-state index is 14.9. The Labute approximate surface area is 257 Å². The number of hydrogen-bond donors (Lipinski definition) is 1. The standard InChI is InChI=1S/C33H33ClFN3O4S/c1-3-36-33(40)31(20-25-12-6-4-7-13-25)37(22-26-14-10-11-17-29(26)35)32(39)23-38(30-21-27(34)19-18-24(30)2)43(41,42)28-15-8-5-9-16-28/h4-19,21,31H,3,20,22-23H2,1-2H3,(H,36,40)/t31-/m0/s1. The zero-order valence-electron chi connectivity index (χ0n) is 23.9. The van der Waals surface area contributed by atoms with Crippen LogP contribution in [0.4, 0.5) is 10.1 Å². The second-order valence-electron chi connectivity index (χ2n) is 9.97. The van der Waals surface area contributed by atoms with Gasteiger partial charge in [-0.1, -0.05) is 84.4 Å². The second-order valence-corrected chi connectivity index (χ2v) is 12.3. The van der Waals surface area contributed by atoms with Crippen molar-refractivity contribution in [1.29, 1.82) is 0 Å². The summed E-state index contributed by atoms with van der Waals surface area (Å²) in [6.07, 6.45) is 0.133. The van der Waals surface area contributed by atoms with Crippen molar-refractivity contribution in [1.82, 2.24) is 10.2 Å². The van der Waals surface area contributed by atoms with Crippen molar-refractivity contribution in [3.63, 3.8) is 0 Å². The molecule has 4 aromatic carbocycles. The maximum atomic E-state index is 14.9. The molecule has 1 N–H and O–H groups in total. The summed E-state index contributed by atoms with van der Waals surface area (Å²) < 4.78 is 44.0. The quantitative estimate of drug-likeness (QED) is 0.218. The third-order valence-corrected chi connectivity index (χ3v) is 8.98. The van der Waals surface area contributed by atoms with E-state index in [1.807, 2.05) is 30.3 Å². The maximum Gasteiger partial charge on any atom is 0.264 e. The molecule has 0 aliphatic carbocycles. The molecular weight excluding hydrogens is 589 g/mol. The van der Waals surface area contributed by atoms with E-state index in [1.54, 1.807) is 50.2 Å². The molecule has 1 atom stereocenters. The predicted octanol–water partition coefficient (Wildman–Crippen LogP) is 5.76. The summed E-state index contributed by atoms with van der Waals surface area (Å²) in [5.41, 5.74) is 1.76. The fraction of sp³-hybridized carbons (Fsp3) is 0.212. The number of hydrogen-bond acceptors (Lipinski definition) is 4. The fourth-order valence-electron chi connectivity index (χ4n) is 4.74. The summed E-state index contributed by atoms with van der Waals surface area (Å²) >= 11 is 6.29. The Hall–Kier alpha value is -4.21. The molecule has 0 spiro atoms. The average molecular weight is 622 g/mol. The van der Waals surface area contributed by atoms with Gasteiger partial charge in [0.1, 0.15) is 18.4 Å². The number of anilines is 1.